The van der Waals surface area contributed by atoms with Crippen LogP contribution in [0.1, 0.15) is 25.3 Å². The summed E-state index contributed by atoms with van der Waals surface area (Å²) in [7, 11) is 0. The van der Waals surface area contributed by atoms with Crippen LogP contribution in [-0.2, 0) is 6.54 Å². The Labute approximate surface area is 66.8 Å². The Kier molecular flexibility index (Phi) is 2.65. The van der Waals surface area contributed by atoms with Gasteiger partial charge in [-0.15, -0.1) is 0 Å². The minimum atomic E-state index is 0.486. The largest absolute Gasteiger partial charge is 0.447 e. The summed E-state index contributed by atoms with van der Waals surface area (Å²) in [5.41, 5.74) is 0.971. The molecule has 1 heterocycles. The van der Waals surface area contributed by atoms with Gasteiger partial charge < -0.3 is 9.73 Å². The minimum Gasteiger partial charge on any atom is -0.447 e. The highest BCUT2D eigenvalue weighted by atomic mass is 16.3. The highest BCUT2D eigenvalue weighted by Crippen LogP contribution is 2.03. The fraction of sp³-hybridized carbons (Fsp3) is 0.625. The van der Waals surface area contributed by atoms with Gasteiger partial charge in [-0.1, -0.05) is 13.8 Å². The number of hydrogen-bond donors (Lipinski definition) is 1. The molecule has 11 heavy (non-hydrogen) atoms. The van der Waals surface area contributed by atoms with Crippen LogP contribution in [0.3, 0.4) is 0 Å². The summed E-state index contributed by atoms with van der Waals surface area (Å²) in [4.78, 5) is 3.99. The Bertz CT molecular complexity index is 218. The molecule has 0 unspecified atom stereocenters. The van der Waals surface area contributed by atoms with Crippen LogP contribution in [-0.4, -0.2) is 11.0 Å². The summed E-state index contributed by atoms with van der Waals surface area (Å²) < 4.78 is 5.14. The second-order valence-corrected chi connectivity index (χ2v) is 2.90. The van der Waals surface area contributed by atoms with E-state index in [-0.39, 0.29) is 0 Å². The topological polar surface area (TPSA) is 38.1 Å². The summed E-state index contributed by atoms with van der Waals surface area (Å²) in [6.45, 7) is 6.92. The standard InChI is InChI=1S/C8H14N2O/c1-6(2)9-4-8-7(3)10-5-11-8/h5-6,9H,4H2,1-3H3. The van der Waals surface area contributed by atoms with Gasteiger partial charge in [0.25, 0.3) is 0 Å². The highest BCUT2D eigenvalue weighted by molar-refractivity contribution is 5.03. The third-order valence-electron chi connectivity index (χ3n) is 1.52. The monoisotopic (exact) mass is 154 g/mol. The Balaban J connectivity index is 2.44. The van der Waals surface area contributed by atoms with Crippen molar-refractivity contribution in [3.63, 3.8) is 0 Å². The number of hydrogen-bond acceptors (Lipinski definition) is 3. The highest BCUT2D eigenvalue weighted by Gasteiger charge is 2.02. The first-order valence-electron chi connectivity index (χ1n) is 3.82. The van der Waals surface area contributed by atoms with Crippen LogP contribution in [0.15, 0.2) is 10.8 Å². The molecule has 0 saturated heterocycles. The molecule has 0 aliphatic carbocycles. The Morgan fingerprint density at radius 1 is 1.64 bits per heavy atom. The van der Waals surface area contributed by atoms with E-state index < -0.39 is 0 Å². The molecule has 0 radical (unpaired) electrons. The van der Waals surface area contributed by atoms with E-state index in [0.717, 1.165) is 18.0 Å². The van der Waals surface area contributed by atoms with Gasteiger partial charge in [0.15, 0.2) is 6.39 Å². The fourth-order valence-corrected chi connectivity index (χ4v) is 0.793. The zero-order valence-electron chi connectivity index (χ0n) is 7.22. The molecule has 1 rings (SSSR count). The van der Waals surface area contributed by atoms with Gasteiger partial charge >= 0.3 is 0 Å². The molecule has 0 aliphatic rings. The van der Waals surface area contributed by atoms with E-state index in [1.165, 1.54) is 6.39 Å². The normalized spacial score (nSPS) is 10.9. The van der Waals surface area contributed by atoms with E-state index in [2.05, 4.69) is 24.1 Å². The van der Waals surface area contributed by atoms with Crippen LogP contribution in [0.4, 0.5) is 0 Å². The molecular formula is C8H14N2O. The van der Waals surface area contributed by atoms with Gasteiger partial charge in [-0.05, 0) is 6.92 Å². The first-order valence-corrected chi connectivity index (χ1v) is 3.82. The summed E-state index contributed by atoms with van der Waals surface area (Å²) in [5.74, 6) is 0.929. The molecule has 62 valence electrons. The van der Waals surface area contributed by atoms with Crippen LogP contribution in [0, 0.1) is 6.92 Å². The average Bonchev–Trinajstić information content (AvgIpc) is 2.31. The number of oxazole rings is 1. The second kappa shape index (κ2) is 3.53. The van der Waals surface area contributed by atoms with Gasteiger partial charge in [0, 0.05) is 6.04 Å². The number of aromatic nitrogens is 1. The third-order valence-corrected chi connectivity index (χ3v) is 1.52. The first-order chi connectivity index (χ1) is 5.20. The van der Waals surface area contributed by atoms with Gasteiger partial charge in [-0.25, -0.2) is 4.98 Å². The lowest BCUT2D eigenvalue weighted by molar-refractivity contribution is 0.460. The van der Waals surface area contributed by atoms with Crippen LogP contribution in [0.25, 0.3) is 0 Å². The molecule has 3 heteroatoms. The van der Waals surface area contributed by atoms with Gasteiger partial charge in [-0.2, -0.15) is 0 Å². The van der Waals surface area contributed by atoms with Crippen LogP contribution < -0.4 is 5.32 Å². The number of rotatable bonds is 3. The lowest BCUT2D eigenvalue weighted by Gasteiger charge is -2.04. The number of nitrogens with zero attached hydrogens (tertiary/aromatic N) is 1. The number of aryl methyl sites for hydroxylation is 1. The average molecular weight is 154 g/mol. The lowest BCUT2D eigenvalue weighted by atomic mass is 10.3. The van der Waals surface area contributed by atoms with Crippen molar-refractivity contribution < 1.29 is 4.42 Å². The van der Waals surface area contributed by atoms with Gasteiger partial charge in [0.05, 0.1) is 12.2 Å². The van der Waals surface area contributed by atoms with E-state index in [9.17, 15) is 0 Å². The molecule has 3 nitrogen and oxygen atoms in total. The predicted molar refractivity (Wildman–Crippen MR) is 43.2 cm³/mol. The second-order valence-electron chi connectivity index (χ2n) is 2.90. The Morgan fingerprint density at radius 2 is 2.36 bits per heavy atom. The predicted octanol–water partition coefficient (Wildman–Crippen LogP) is 1.48. The van der Waals surface area contributed by atoms with Crippen molar-refractivity contribution in [2.24, 2.45) is 0 Å². The molecule has 0 aromatic carbocycles. The van der Waals surface area contributed by atoms with Gasteiger partial charge in [-0.3, -0.25) is 0 Å². The minimum absolute atomic E-state index is 0.486. The van der Waals surface area contributed by atoms with Crippen molar-refractivity contribution in [2.75, 3.05) is 0 Å². The third kappa shape index (κ3) is 2.35. The Hall–Kier alpha value is -0.830. The molecule has 0 saturated carbocycles. The smallest absolute Gasteiger partial charge is 0.181 e. The van der Waals surface area contributed by atoms with Gasteiger partial charge in [0.1, 0.15) is 5.76 Å². The quantitative estimate of drug-likeness (QED) is 0.716. The number of nitrogens with one attached hydrogen (secondary N) is 1. The lowest BCUT2D eigenvalue weighted by Crippen LogP contribution is -2.21. The van der Waals surface area contributed by atoms with Crippen molar-refractivity contribution in [1.29, 1.82) is 0 Å². The molecule has 0 spiro atoms. The van der Waals surface area contributed by atoms with Crippen molar-refractivity contribution in [2.45, 2.75) is 33.4 Å². The van der Waals surface area contributed by atoms with Crippen LogP contribution in [0.5, 0.6) is 0 Å². The van der Waals surface area contributed by atoms with E-state index >= 15 is 0 Å². The maximum Gasteiger partial charge on any atom is 0.181 e. The summed E-state index contributed by atoms with van der Waals surface area (Å²) >= 11 is 0. The summed E-state index contributed by atoms with van der Waals surface area (Å²) in [6.07, 6.45) is 1.48. The maximum absolute atomic E-state index is 5.14. The van der Waals surface area contributed by atoms with E-state index in [1.54, 1.807) is 0 Å². The van der Waals surface area contributed by atoms with E-state index in [4.69, 9.17) is 4.42 Å². The molecule has 0 bridgehead atoms. The fourth-order valence-electron chi connectivity index (χ4n) is 0.793. The molecule has 1 N–H and O–H groups in total. The molecule has 0 fully saturated rings. The zero-order valence-corrected chi connectivity index (χ0v) is 7.22. The molecule has 0 aliphatic heterocycles. The van der Waals surface area contributed by atoms with Crippen molar-refractivity contribution >= 4 is 0 Å². The molecular weight excluding hydrogens is 140 g/mol. The summed E-state index contributed by atoms with van der Waals surface area (Å²) in [6, 6.07) is 0.486. The summed E-state index contributed by atoms with van der Waals surface area (Å²) in [5, 5.41) is 3.25. The molecule has 1 aromatic rings. The van der Waals surface area contributed by atoms with Crippen LogP contribution >= 0.6 is 0 Å². The SMILES string of the molecule is Cc1ncoc1CNC(C)C. The van der Waals surface area contributed by atoms with E-state index in [0.29, 0.717) is 6.04 Å². The van der Waals surface area contributed by atoms with Crippen molar-refractivity contribution in [3.8, 4) is 0 Å². The van der Waals surface area contributed by atoms with E-state index in [1.807, 2.05) is 6.92 Å². The molecule has 0 atom stereocenters. The van der Waals surface area contributed by atoms with Crippen molar-refractivity contribution in [1.82, 2.24) is 10.3 Å². The maximum atomic E-state index is 5.14. The van der Waals surface area contributed by atoms with Crippen LogP contribution in [0.2, 0.25) is 0 Å². The zero-order chi connectivity index (χ0) is 8.27. The molecule has 0 amide bonds. The Morgan fingerprint density at radius 3 is 2.82 bits per heavy atom. The van der Waals surface area contributed by atoms with Crippen molar-refractivity contribution in [3.05, 3.63) is 17.8 Å². The van der Waals surface area contributed by atoms with Gasteiger partial charge in [0.2, 0.25) is 0 Å². The molecule has 1 aromatic heterocycles. The first kappa shape index (κ1) is 8.27.